The third kappa shape index (κ3) is 4.36. The minimum absolute atomic E-state index is 0.0208. The highest BCUT2D eigenvalue weighted by Crippen LogP contribution is 2.20. The van der Waals surface area contributed by atoms with Crippen molar-refractivity contribution in [2.24, 2.45) is 0 Å². The molecular weight excluding hydrogens is 252 g/mol. The Kier molecular flexibility index (Phi) is 6.18. The van der Waals surface area contributed by atoms with Crippen LogP contribution in [0.25, 0.3) is 0 Å². The Hall–Kier alpha value is -2.41. The Morgan fingerprint density at radius 3 is 2.50 bits per heavy atom. The number of nitrogens with zero attached hydrogens (tertiary/aromatic N) is 2. The van der Waals surface area contributed by atoms with Crippen LogP contribution in [0.15, 0.2) is 41.8 Å². The number of aromatic nitrogens is 1. The van der Waals surface area contributed by atoms with Crippen LogP contribution in [-0.4, -0.2) is 10.8 Å². The SMILES string of the molecule is CC.CC(=O)c1ccc(OC2=CC=C(C#N)CC2)nc1. The summed E-state index contributed by atoms with van der Waals surface area (Å²) in [5.74, 6) is 1.21. The van der Waals surface area contributed by atoms with Gasteiger partial charge in [0.1, 0.15) is 5.76 Å². The van der Waals surface area contributed by atoms with Crippen molar-refractivity contribution < 1.29 is 9.53 Å². The van der Waals surface area contributed by atoms with Crippen LogP contribution in [0.4, 0.5) is 0 Å². The van der Waals surface area contributed by atoms with Crippen LogP contribution in [0.5, 0.6) is 5.88 Å². The number of carbonyl (C=O) groups excluding carboxylic acids is 1. The van der Waals surface area contributed by atoms with Crippen molar-refractivity contribution in [3.05, 3.63) is 47.4 Å². The van der Waals surface area contributed by atoms with E-state index in [-0.39, 0.29) is 5.78 Å². The molecule has 1 aliphatic carbocycles. The zero-order chi connectivity index (χ0) is 15.0. The third-order valence-electron chi connectivity index (χ3n) is 2.63. The van der Waals surface area contributed by atoms with Crippen molar-refractivity contribution in [1.29, 1.82) is 5.26 Å². The number of ether oxygens (including phenoxy) is 1. The van der Waals surface area contributed by atoms with Crippen LogP contribution in [0.3, 0.4) is 0 Å². The predicted octanol–water partition coefficient (Wildman–Crippen LogP) is 3.82. The Morgan fingerprint density at radius 1 is 1.30 bits per heavy atom. The van der Waals surface area contributed by atoms with Crippen LogP contribution in [-0.2, 0) is 0 Å². The number of Topliss-reactive ketones (excluding diaryl/α,β-unsaturated/α-hetero) is 1. The van der Waals surface area contributed by atoms with Gasteiger partial charge < -0.3 is 4.74 Å². The van der Waals surface area contributed by atoms with Gasteiger partial charge in [0.05, 0.1) is 6.07 Å². The average molecular weight is 270 g/mol. The summed E-state index contributed by atoms with van der Waals surface area (Å²) in [6.07, 6.45) is 6.41. The normalized spacial score (nSPS) is 13.1. The van der Waals surface area contributed by atoms with Crippen molar-refractivity contribution in [2.75, 3.05) is 0 Å². The zero-order valence-electron chi connectivity index (χ0n) is 12.0. The first-order valence-electron chi connectivity index (χ1n) is 6.63. The first kappa shape index (κ1) is 15.6. The summed E-state index contributed by atoms with van der Waals surface area (Å²) in [6, 6.07) is 5.47. The van der Waals surface area contributed by atoms with Gasteiger partial charge in [-0.15, -0.1) is 0 Å². The van der Waals surface area contributed by atoms with E-state index in [0.29, 0.717) is 24.3 Å². The fourth-order valence-electron chi connectivity index (χ4n) is 1.58. The van der Waals surface area contributed by atoms with Crippen LogP contribution in [0, 0.1) is 11.3 Å². The lowest BCUT2D eigenvalue weighted by Crippen LogP contribution is -2.02. The van der Waals surface area contributed by atoms with E-state index < -0.39 is 0 Å². The molecule has 0 aromatic carbocycles. The van der Waals surface area contributed by atoms with E-state index in [4.69, 9.17) is 10.00 Å². The molecule has 0 saturated heterocycles. The summed E-state index contributed by atoms with van der Waals surface area (Å²) in [7, 11) is 0. The molecule has 0 saturated carbocycles. The van der Waals surface area contributed by atoms with Crippen LogP contribution in [0.1, 0.15) is 44.0 Å². The van der Waals surface area contributed by atoms with E-state index in [1.54, 1.807) is 24.3 Å². The molecule has 0 fully saturated rings. The summed E-state index contributed by atoms with van der Waals surface area (Å²) in [5, 5.41) is 8.72. The van der Waals surface area contributed by atoms with Crippen molar-refractivity contribution in [3.8, 4) is 11.9 Å². The second-order valence-corrected chi connectivity index (χ2v) is 3.98. The maximum Gasteiger partial charge on any atom is 0.218 e. The number of ketones is 1. The smallest absolute Gasteiger partial charge is 0.218 e. The Bertz CT molecular complexity index is 563. The molecule has 0 radical (unpaired) electrons. The number of hydrogen-bond donors (Lipinski definition) is 0. The minimum Gasteiger partial charge on any atom is -0.443 e. The second kappa shape index (κ2) is 7.90. The molecular formula is C16H18N2O2. The largest absolute Gasteiger partial charge is 0.443 e. The summed E-state index contributed by atoms with van der Waals surface area (Å²) in [5.41, 5.74) is 1.31. The Labute approximate surface area is 119 Å². The third-order valence-corrected chi connectivity index (χ3v) is 2.63. The number of allylic oxidation sites excluding steroid dienone is 4. The Balaban J connectivity index is 0.000000956. The lowest BCUT2D eigenvalue weighted by molar-refractivity contribution is 0.101. The quantitative estimate of drug-likeness (QED) is 0.783. The van der Waals surface area contributed by atoms with Crippen molar-refractivity contribution in [1.82, 2.24) is 4.98 Å². The molecule has 0 N–H and O–H groups in total. The summed E-state index contributed by atoms with van der Waals surface area (Å²) in [4.78, 5) is 15.1. The molecule has 0 spiro atoms. The van der Waals surface area contributed by atoms with Gasteiger partial charge in [-0.25, -0.2) is 4.98 Å². The van der Waals surface area contributed by atoms with Crippen molar-refractivity contribution in [2.45, 2.75) is 33.6 Å². The van der Waals surface area contributed by atoms with Gasteiger partial charge in [-0.3, -0.25) is 4.79 Å². The van der Waals surface area contributed by atoms with Crippen molar-refractivity contribution in [3.63, 3.8) is 0 Å². The maximum atomic E-state index is 11.1. The van der Waals surface area contributed by atoms with E-state index in [2.05, 4.69) is 11.1 Å². The number of hydrogen-bond acceptors (Lipinski definition) is 4. The fourth-order valence-corrected chi connectivity index (χ4v) is 1.58. The molecule has 0 amide bonds. The molecule has 1 aliphatic rings. The van der Waals surface area contributed by atoms with Gasteiger partial charge in [0.25, 0.3) is 0 Å². The summed E-state index contributed by atoms with van der Waals surface area (Å²) >= 11 is 0. The number of rotatable bonds is 3. The molecule has 1 aromatic heterocycles. The first-order valence-corrected chi connectivity index (χ1v) is 6.63. The topological polar surface area (TPSA) is 63.0 Å². The number of nitriles is 1. The van der Waals surface area contributed by atoms with Crippen LogP contribution in [0.2, 0.25) is 0 Å². The number of carbonyl (C=O) groups is 1. The molecule has 104 valence electrons. The molecule has 0 aliphatic heterocycles. The maximum absolute atomic E-state index is 11.1. The van der Waals surface area contributed by atoms with Gasteiger partial charge in [0.2, 0.25) is 5.88 Å². The minimum atomic E-state index is -0.0208. The van der Waals surface area contributed by atoms with E-state index in [0.717, 1.165) is 11.3 Å². The highest BCUT2D eigenvalue weighted by Gasteiger charge is 2.09. The van der Waals surface area contributed by atoms with Gasteiger partial charge in [0.15, 0.2) is 5.78 Å². The summed E-state index contributed by atoms with van der Waals surface area (Å²) < 4.78 is 5.57. The molecule has 4 heteroatoms. The van der Waals surface area contributed by atoms with Gasteiger partial charge in [0, 0.05) is 29.8 Å². The highest BCUT2D eigenvalue weighted by molar-refractivity contribution is 5.93. The van der Waals surface area contributed by atoms with Gasteiger partial charge in [-0.1, -0.05) is 13.8 Å². The van der Waals surface area contributed by atoms with E-state index in [1.165, 1.54) is 13.1 Å². The molecule has 0 unspecified atom stereocenters. The fraction of sp³-hybridized carbons (Fsp3) is 0.312. The Morgan fingerprint density at radius 2 is 2.05 bits per heavy atom. The monoisotopic (exact) mass is 270 g/mol. The van der Waals surface area contributed by atoms with Gasteiger partial charge >= 0.3 is 0 Å². The lowest BCUT2D eigenvalue weighted by atomic mass is 10.1. The van der Waals surface area contributed by atoms with Gasteiger partial charge in [-0.05, 0) is 31.6 Å². The van der Waals surface area contributed by atoms with Crippen molar-refractivity contribution >= 4 is 5.78 Å². The number of pyridine rings is 1. The molecule has 0 atom stereocenters. The first-order chi connectivity index (χ1) is 9.69. The molecule has 0 bridgehead atoms. The molecule has 20 heavy (non-hydrogen) atoms. The molecule has 1 aromatic rings. The molecule has 4 nitrogen and oxygen atoms in total. The second-order valence-electron chi connectivity index (χ2n) is 3.98. The van der Waals surface area contributed by atoms with E-state index in [9.17, 15) is 4.79 Å². The standard InChI is InChI=1S/C14H12N2O2.C2H6/c1-10(17)12-4-7-14(16-9-12)18-13-5-2-11(8-15)3-6-13;1-2/h2,4-5,7,9H,3,6H2,1H3;1-2H3. The zero-order valence-corrected chi connectivity index (χ0v) is 12.0. The van der Waals surface area contributed by atoms with E-state index >= 15 is 0 Å². The lowest BCUT2D eigenvalue weighted by Gasteiger charge is -2.11. The highest BCUT2D eigenvalue weighted by atomic mass is 16.5. The molecule has 2 rings (SSSR count). The summed E-state index contributed by atoms with van der Waals surface area (Å²) in [6.45, 7) is 5.50. The van der Waals surface area contributed by atoms with Crippen LogP contribution >= 0.6 is 0 Å². The van der Waals surface area contributed by atoms with E-state index in [1.807, 2.05) is 13.8 Å². The average Bonchev–Trinajstić information content (AvgIpc) is 2.50. The van der Waals surface area contributed by atoms with Crippen LogP contribution < -0.4 is 4.74 Å². The predicted molar refractivity (Wildman–Crippen MR) is 77.2 cm³/mol. The molecule has 1 heterocycles. The van der Waals surface area contributed by atoms with Gasteiger partial charge in [-0.2, -0.15) is 5.26 Å².